The van der Waals surface area contributed by atoms with Crippen molar-refractivity contribution in [3.8, 4) is 0 Å². The molecule has 0 saturated carbocycles. The highest BCUT2D eigenvalue weighted by Crippen LogP contribution is 2.07. The van der Waals surface area contributed by atoms with E-state index in [9.17, 15) is 33.9 Å². The Hall–Kier alpha value is -3.60. The van der Waals surface area contributed by atoms with Crippen LogP contribution in [0.2, 0.25) is 0 Å². The lowest BCUT2D eigenvalue weighted by Crippen LogP contribution is -2.57. The molecule has 4 atom stereocenters. The van der Waals surface area contributed by atoms with Gasteiger partial charge in [-0.3, -0.25) is 29.0 Å². The molecule has 0 heterocycles. The van der Waals surface area contributed by atoms with Gasteiger partial charge in [-0.05, 0) is 44.1 Å². The number of carboxylic acid groups (broad SMARTS) is 1. The quantitative estimate of drug-likeness (QED) is 0.0394. The largest absolute Gasteiger partial charge is 0.480 e. The van der Waals surface area contributed by atoms with Crippen molar-refractivity contribution in [1.29, 1.82) is 0 Å². The van der Waals surface area contributed by atoms with Crippen molar-refractivity contribution in [2.45, 2.75) is 69.1 Å². The number of rotatable bonds is 20. The highest BCUT2D eigenvalue weighted by molar-refractivity contribution is 7.98. The van der Waals surface area contributed by atoms with Crippen LogP contribution in [0.5, 0.6) is 0 Å². The lowest BCUT2D eigenvalue weighted by molar-refractivity contribution is -0.142. The molecule has 0 aromatic rings. The second-order valence-corrected chi connectivity index (χ2v) is 9.35. The molecule has 0 aliphatic heterocycles. The first-order valence-electron chi connectivity index (χ1n) is 11.8. The zero-order valence-electron chi connectivity index (χ0n) is 21.3. The number of guanidine groups is 1. The minimum absolute atomic E-state index is 0.0343. The lowest BCUT2D eigenvalue weighted by Gasteiger charge is -2.25. The van der Waals surface area contributed by atoms with E-state index in [4.69, 9.17) is 28.7 Å². The number of carboxylic acids is 1. The number of nitrogens with two attached hydrogens (primary N) is 5. The van der Waals surface area contributed by atoms with Crippen molar-refractivity contribution >= 4 is 53.2 Å². The first kappa shape index (κ1) is 34.4. The molecule has 0 spiro atoms. The van der Waals surface area contributed by atoms with E-state index in [0.717, 1.165) is 0 Å². The predicted octanol–water partition coefficient (Wildman–Crippen LogP) is -3.81. The summed E-state index contributed by atoms with van der Waals surface area (Å²) in [7, 11) is 0. The van der Waals surface area contributed by atoms with E-state index in [1.54, 1.807) is 6.26 Å². The first-order chi connectivity index (χ1) is 17.8. The van der Waals surface area contributed by atoms with Crippen LogP contribution in [0.3, 0.4) is 0 Å². The van der Waals surface area contributed by atoms with E-state index >= 15 is 0 Å². The molecule has 0 aromatic heterocycles. The van der Waals surface area contributed by atoms with Crippen LogP contribution < -0.4 is 44.6 Å². The number of hydrogen-bond acceptors (Lipinski definition) is 9. The monoisotopic (exact) mass is 561 g/mol. The minimum atomic E-state index is -1.33. The van der Waals surface area contributed by atoms with Crippen molar-refractivity contribution in [1.82, 2.24) is 16.0 Å². The van der Waals surface area contributed by atoms with E-state index in [1.165, 1.54) is 11.8 Å². The Labute approximate surface area is 224 Å². The average Bonchev–Trinajstić information content (AvgIpc) is 2.83. The van der Waals surface area contributed by atoms with Gasteiger partial charge in [0.05, 0.1) is 6.04 Å². The molecule has 0 bridgehead atoms. The van der Waals surface area contributed by atoms with Crippen LogP contribution >= 0.6 is 11.8 Å². The van der Waals surface area contributed by atoms with Gasteiger partial charge in [-0.25, -0.2) is 4.79 Å². The summed E-state index contributed by atoms with van der Waals surface area (Å²) in [6.07, 6.45) is 1.50. The molecule has 0 aliphatic carbocycles. The Morgan fingerprint density at radius 1 is 0.763 bits per heavy atom. The standard InChI is InChI=1S/C21H39N9O7S/c1-38-10-8-14(20(36)37)30-19(35)13(5-7-16(24)32)29-18(34)12(3-2-9-27-21(25)26)28-17(33)11(22)4-6-15(23)31/h11-14H,2-10,22H2,1H3,(H2,23,31)(H2,24,32)(H,28,33)(H,29,34)(H,30,35)(H,36,37)(H4,25,26,27). The SMILES string of the molecule is CSCCC(NC(=O)C(CCC(N)=O)NC(=O)C(CCCN=C(N)N)NC(=O)C(N)CCC(N)=O)C(=O)O. The van der Waals surface area contributed by atoms with Crippen LogP contribution in [0, 0.1) is 0 Å². The van der Waals surface area contributed by atoms with E-state index in [1.807, 2.05) is 0 Å². The number of carbonyl (C=O) groups excluding carboxylic acids is 5. The third-order valence-corrected chi connectivity index (χ3v) is 5.80. The summed E-state index contributed by atoms with van der Waals surface area (Å²) in [5.74, 6) is -4.74. The Morgan fingerprint density at radius 2 is 1.26 bits per heavy atom. The van der Waals surface area contributed by atoms with Crippen molar-refractivity contribution in [3.05, 3.63) is 0 Å². The zero-order chi connectivity index (χ0) is 29.3. The molecule has 0 radical (unpaired) electrons. The van der Waals surface area contributed by atoms with E-state index in [0.29, 0.717) is 5.75 Å². The number of carbonyl (C=O) groups is 6. The van der Waals surface area contributed by atoms with Crippen LogP contribution in [0.1, 0.15) is 44.9 Å². The van der Waals surface area contributed by atoms with Crippen molar-refractivity contribution in [2.24, 2.45) is 33.7 Å². The molecule has 0 rings (SSSR count). The fourth-order valence-electron chi connectivity index (χ4n) is 3.07. The summed E-state index contributed by atoms with van der Waals surface area (Å²) >= 11 is 1.39. The third kappa shape index (κ3) is 15.5. The molecular weight excluding hydrogens is 522 g/mol. The Kier molecular flexibility index (Phi) is 16.9. The van der Waals surface area contributed by atoms with Gasteiger partial charge in [-0.2, -0.15) is 11.8 Å². The average molecular weight is 562 g/mol. The molecule has 0 aliphatic rings. The van der Waals surface area contributed by atoms with Gasteiger partial charge in [-0.15, -0.1) is 0 Å². The van der Waals surface area contributed by atoms with Gasteiger partial charge in [0.2, 0.25) is 29.5 Å². The van der Waals surface area contributed by atoms with E-state index in [2.05, 4.69) is 20.9 Å². The zero-order valence-corrected chi connectivity index (χ0v) is 22.1. The number of thioether (sulfide) groups is 1. The molecule has 5 amide bonds. The van der Waals surface area contributed by atoms with Crippen LogP contribution in [0.25, 0.3) is 0 Å². The molecule has 17 heteroatoms. The summed E-state index contributed by atoms with van der Waals surface area (Å²) in [6, 6.07) is -4.89. The normalized spacial score (nSPS) is 13.7. The maximum atomic E-state index is 13.1. The van der Waals surface area contributed by atoms with Gasteiger partial charge in [0.1, 0.15) is 18.1 Å². The summed E-state index contributed by atoms with van der Waals surface area (Å²) in [4.78, 5) is 76.1. The highest BCUT2D eigenvalue weighted by Gasteiger charge is 2.30. The molecule has 4 unspecified atom stereocenters. The number of nitrogens with zero attached hydrogens (tertiary/aromatic N) is 1. The number of primary amides is 2. The Bertz CT molecular complexity index is 868. The van der Waals surface area contributed by atoms with Crippen molar-refractivity contribution < 1.29 is 33.9 Å². The summed E-state index contributed by atoms with van der Waals surface area (Å²) in [5, 5.41) is 16.7. The molecule has 16 nitrogen and oxygen atoms in total. The van der Waals surface area contributed by atoms with E-state index in [-0.39, 0.29) is 57.5 Å². The first-order valence-corrected chi connectivity index (χ1v) is 13.2. The highest BCUT2D eigenvalue weighted by atomic mass is 32.2. The fraction of sp³-hybridized carbons (Fsp3) is 0.667. The van der Waals surface area contributed by atoms with Crippen molar-refractivity contribution in [3.63, 3.8) is 0 Å². The van der Waals surface area contributed by atoms with Crippen LogP contribution in [-0.2, 0) is 28.8 Å². The number of aliphatic imine (C=N–C) groups is 1. The van der Waals surface area contributed by atoms with Crippen LogP contribution in [0.4, 0.5) is 0 Å². The summed E-state index contributed by atoms with van der Waals surface area (Å²) < 4.78 is 0. The van der Waals surface area contributed by atoms with Gasteiger partial charge in [-0.1, -0.05) is 0 Å². The number of aliphatic carboxylic acids is 1. The van der Waals surface area contributed by atoms with Gasteiger partial charge in [0, 0.05) is 19.4 Å². The molecule has 216 valence electrons. The summed E-state index contributed by atoms with van der Waals surface area (Å²) in [6.45, 7) is 0.136. The predicted molar refractivity (Wildman–Crippen MR) is 141 cm³/mol. The maximum Gasteiger partial charge on any atom is 0.326 e. The number of hydrogen-bond donors (Lipinski definition) is 9. The molecule has 38 heavy (non-hydrogen) atoms. The lowest BCUT2D eigenvalue weighted by atomic mass is 10.1. The van der Waals surface area contributed by atoms with Crippen molar-refractivity contribution in [2.75, 3.05) is 18.6 Å². The molecule has 14 N–H and O–H groups in total. The van der Waals surface area contributed by atoms with Crippen LogP contribution in [-0.4, -0.2) is 89.3 Å². The second kappa shape index (κ2) is 18.6. The third-order valence-electron chi connectivity index (χ3n) is 5.15. The second-order valence-electron chi connectivity index (χ2n) is 8.37. The Morgan fingerprint density at radius 3 is 1.76 bits per heavy atom. The molecule has 0 saturated heterocycles. The van der Waals surface area contributed by atoms with E-state index < -0.39 is 59.7 Å². The van der Waals surface area contributed by atoms with Crippen LogP contribution in [0.15, 0.2) is 4.99 Å². The topological polar surface area (TPSA) is 301 Å². The molecular formula is C21H39N9O7S. The maximum absolute atomic E-state index is 13.1. The smallest absolute Gasteiger partial charge is 0.326 e. The van der Waals surface area contributed by atoms with Gasteiger partial charge in [0.15, 0.2) is 5.96 Å². The number of amides is 5. The molecule has 0 aromatic carbocycles. The number of nitrogens with one attached hydrogen (secondary N) is 3. The minimum Gasteiger partial charge on any atom is -0.480 e. The van der Waals surface area contributed by atoms with Gasteiger partial charge < -0.3 is 49.7 Å². The fourth-order valence-corrected chi connectivity index (χ4v) is 3.54. The van der Waals surface area contributed by atoms with Gasteiger partial charge in [0.25, 0.3) is 0 Å². The Balaban J connectivity index is 5.66. The summed E-state index contributed by atoms with van der Waals surface area (Å²) in [5.41, 5.74) is 26.6. The van der Waals surface area contributed by atoms with Gasteiger partial charge >= 0.3 is 5.97 Å². The molecule has 0 fully saturated rings.